The standard InChI is InChI=1S/C19H14F4N4O2S/c1-18(2)16(28)26(11-4-3-10(9-24)13(7-11)19(21,22)23)17(30)27(18)12-5-6-15(29-25)14(20)8-12/h3-8H,25H2,1-2H3. The molecule has 3 rings (SSSR count). The number of nitrogens with zero attached hydrogens (tertiary/aromatic N) is 3. The summed E-state index contributed by atoms with van der Waals surface area (Å²) in [7, 11) is 0. The third-order valence-electron chi connectivity index (χ3n) is 4.66. The van der Waals surface area contributed by atoms with Crippen molar-refractivity contribution in [2.24, 2.45) is 5.90 Å². The molecule has 0 saturated carbocycles. The zero-order valence-corrected chi connectivity index (χ0v) is 16.4. The molecule has 1 aliphatic heterocycles. The monoisotopic (exact) mass is 438 g/mol. The third kappa shape index (κ3) is 3.34. The Kier molecular flexibility index (Phi) is 5.17. The molecule has 0 atom stereocenters. The van der Waals surface area contributed by atoms with E-state index < -0.39 is 34.6 Å². The van der Waals surface area contributed by atoms with Crippen LogP contribution in [0, 0.1) is 17.1 Å². The van der Waals surface area contributed by atoms with E-state index in [1.54, 1.807) is 0 Å². The summed E-state index contributed by atoms with van der Waals surface area (Å²) in [6.07, 6.45) is -4.80. The van der Waals surface area contributed by atoms with Crippen LogP contribution in [0.2, 0.25) is 0 Å². The summed E-state index contributed by atoms with van der Waals surface area (Å²) in [5.41, 5.74) is -3.08. The molecule has 1 heterocycles. The van der Waals surface area contributed by atoms with Crippen LogP contribution in [0.3, 0.4) is 0 Å². The Labute approximate surface area is 174 Å². The second kappa shape index (κ2) is 7.23. The average Bonchev–Trinajstić information content (AvgIpc) is 2.85. The van der Waals surface area contributed by atoms with Crippen LogP contribution in [0.15, 0.2) is 36.4 Å². The Morgan fingerprint density at radius 3 is 2.33 bits per heavy atom. The minimum absolute atomic E-state index is 0.149. The fraction of sp³-hybridized carbons (Fsp3) is 0.211. The van der Waals surface area contributed by atoms with E-state index in [1.165, 1.54) is 43.0 Å². The molecule has 1 fully saturated rings. The van der Waals surface area contributed by atoms with Crippen molar-refractivity contribution in [1.29, 1.82) is 5.26 Å². The molecule has 2 aromatic carbocycles. The zero-order valence-electron chi connectivity index (χ0n) is 15.6. The maximum atomic E-state index is 14.1. The van der Waals surface area contributed by atoms with Gasteiger partial charge in [0.2, 0.25) is 0 Å². The first kappa shape index (κ1) is 21.5. The van der Waals surface area contributed by atoms with Crippen LogP contribution in [-0.4, -0.2) is 16.6 Å². The van der Waals surface area contributed by atoms with Crippen molar-refractivity contribution in [1.82, 2.24) is 0 Å². The van der Waals surface area contributed by atoms with Gasteiger partial charge in [0.25, 0.3) is 5.91 Å². The minimum atomic E-state index is -4.80. The Hall–Kier alpha value is -3.23. The van der Waals surface area contributed by atoms with Gasteiger partial charge in [-0.2, -0.15) is 24.3 Å². The molecule has 11 heteroatoms. The van der Waals surface area contributed by atoms with E-state index in [-0.39, 0.29) is 22.2 Å². The van der Waals surface area contributed by atoms with Crippen LogP contribution >= 0.6 is 12.2 Å². The number of carbonyl (C=O) groups is 1. The number of nitrogens with two attached hydrogens (primary N) is 1. The maximum absolute atomic E-state index is 14.1. The lowest BCUT2D eigenvalue weighted by molar-refractivity contribution is -0.137. The summed E-state index contributed by atoms with van der Waals surface area (Å²) in [5.74, 6) is 3.31. The third-order valence-corrected chi connectivity index (χ3v) is 5.02. The molecule has 1 aliphatic rings. The number of nitriles is 1. The second-order valence-corrected chi connectivity index (χ2v) is 7.25. The highest BCUT2D eigenvalue weighted by Gasteiger charge is 2.50. The first-order valence-electron chi connectivity index (χ1n) is 8.40. The lowest BCUT2D eigenvalue weighted by Gasteiger charge is -2.29. The van der Waals surface area contributed by atoms with Crippen LogP contribution in [-0.2, 0) is 11.0 Å². The molecule has 156 valence electrons. The smallest absolute Gasteiger partial charge is 0.408 e. The van der Waals surface area contributed by atoms with Crippen molar-refractivity contribution < 1.29 is 27.2 Å². The molecule has 0 aromatic heterocycles. The van der Waals surface area contributed by atoms with Gasteiger partial charge in [-0.1, -0.05) is 0 Å². The Balaban J connectivity index is 2.11. The highest BCUT2D eigenvalue weighted by atomic mass is 32.1. The fourth-order valence-electron chi connectivity index (χ4n) is 3.18. The van der Waals surface area contributed by atoms with E-state index in [0.717, 1.165) is 17.0 Å². The summed E-state index contributed by atoms with van der Waals surface area (Å²) < 4.78 is 54.2. The van der Waals surface area contributed by atoms with E-state index in [9.17, 15) is 22.4 Å². The Morgan fingerprint density at radius 1 is 1.17 bits per heavy atom. The van der Waals surface area contributed by atoms with Gasteiger partial charge >= 0.3 is 6.18 Å². The van der Waals surface area contributed by atoms with Crippen LogP contribution in [0.5, 0.6) is 5.75 Å². The van der Waals surface area contributed by atoms with Crippen molar-refractivity contribution >= 4 is 34.6 Å². The van der Waals surface area contributed by atoms with E-state index in [1.807, 2.05) is 0 Å². The first-order valence-corrected chi connectivity index (χ1v) is 8.80. The molecule has 2 aromatic rings. The number of hydrogen-bond acceptors (Lipinski definition) is 5. The van der Waals surface area contributed by atoms with Gasteiger partial charge in [-0.25, -0.2) is 4.39 Å². The highest BCUT2D eigenvalue weighted by molar-refractivity contribution is 7.81. The number of amides is 1. The first-order chi connectivity index (χ1) is 13.9. The van der Waals surface area contributed by atoms with Gasteiger partial charge < -0.3 is 9.74 Å². The number of hydrogen-bond donors (Lipinski definition) is 1. The number of alkyl halides is 3. The summed E-state index contributed by atoms with van der Waals surface area (Å²) in [6.45, 7) is 3.00. The number of benzene rings is 2. The van der Waals surface area contributed by atoms with Crippen molar-refractivity contribution in [2.45, 2.75) is 25.6 Å². The second-order valence-electron chi connectivity index (χ2n) is 6.89. The van der Waals surface area contributed by atoms with Gasteiger partial charge in [0.15, 0.2) is 16.7 Å². The molecule has 0 unspecified atom stereocenters. The van der Waals surface area contributed by atoms with Gasteiger partial charge in [0.1, 0.15) is 5.54 Å². The largest absolute Gasteiger partial charge is 0.417 e. The van der Waals surface area contributed by atoms with Crippen molar-refractivity contribution in [3.8, 4) is 11.8 Å². The number of thiocarbonyl (C=S) groups is 1. The number of rotatable bonds is 3. The van der Waals surface area contributed by atoms with Gasteiger partial charge in [0, 0.05) is 11.8 Å². The van der Waals surface area contributed by atoms with Crippen molar-refractivity contribution in [3.63, 3.8) is 0 Å². The molecule has 1 saturated heterocycles. The van der Waals surface area contributed by atoms with E-state index in [2.05, 4.69) is 4.84 Å². The van der Waals surface area contributed by atoms with Crippen LogP contribution in [0.25, 0.3) is 0 Å². The fourth-order valence-corrected chi connectivity index (χ4v) is 3.71. The van der Waals surface area contributed by atoms with Crippen molar-refractivity contribution in [3.05, 3.63) is 53.3 Å². The quantitative estimate of drug-likeness (QED) is 0.445. The molecular weight excluding hydrogens is 424 g/mol. The zero-order chi connectivity index (χ0) is 22.4. The summed E-state index contributed by atoms with van der Waals surface area (Å²) >= 11 is 5.36. The molecule has 0 radical (unpaired) electrons. The molecular formula is C19H14F4N4O2S. The maximum Gasteiger partial charge on any atom is 0.417 e. The van der Waals surface area contributed by atoms with Crippen molar-refractivity contribution in [2.75, 3.05) is 9.80 Å². The normalized spacial score (nSPS) is 16.1. The SMILES string of the molecule is CC1(C)C(=O)N(c2ccc(C#N)c(C(F)(F)F)c2)C(=S)N1c1ccc(ON)c(F)c1. The molecule has 30 heavy (non-hydrogen) atoms. The minimum Gasteiger partial charge on any atom is -0.408 e. The predicted octanol–water partition coefficient (Wildman–Crippen LogP) is 3.89. The predicted molar refractivity (Wildman–Crippen MR) is 104 cm³/mol. The van der Waals surface area contributed by atoms with Gasteiger partial charge in [-0.15, -0.1) is 0 Å². The molecule has 0 aliphatic carbocycles. The summed E-state index contributed by atoms with van der Waals surface area (Å²) in [4.78, 5) is 19.7. The topological polar surface area (TPSA) is 82.6 Å². The van der Waals surface area contributed by atoms with Crippen LogP contribution < -0.4 is 20.5 Å². The average molecular weight is 438 g/mol. The van der Waals surface area contributed by atoms with Crippen LogP contribution in [0.4, 0.5) is 28.9 Å². The number of anilines is 2. The number of carbonyl (C=O) groups excluding carboxylic acids is 1. The molecule has 0 spiro atoms. The van der Waals surface area contributed by atoms with E-state index in [0.29, 0.717) is 6.07 Å². The highest BCUT2D eigenvalue weighted by Crippen LogP contribution is 2.40. The van der Waals surface area contributed by atoms with Gasteiger partial charge in [-0.05, 0) is 56.4 Å². The Morgan fingerprint density at radius 2 is 1.80 bits per heavy atom. The molecule has 0 bridgehead atoms. The summed E-state index contributed by atoms with van der Waals surface area (Å²) in [5, 5.41) is 8.82. The Bertz CT molecular complexity index is 1090. The number of halogens is 4. The molecule has 6 nitrogen and oxygen atoms in total. The van der Waals surface area contributed by atoms with Gasteiger partial charge in [-0.3, -0.25) is 9.69 Å². The lowest BCUT2D eigenvalue weighted by Crippen LogP contribution is -2.44. The lowest BCUT2D eigenvalue weighted by atomic mass is 10.0. The summed E-state index contributed by atoms with van der Waals surface area (Å²) in [6, 6.07) is 8.03. The van der Waals surface area contributed by atoms with Gasteiger partial charge in [0.05, 0.1) is 22.9 Å². The van der Waals surface area contributed by atoms with Crippen LogP contribution in [0.1, 0.15) is 25.0 Å². The van der Waals surface area contributed by atoms with E-state index in [4.69, 9.17) is 23.4 Å². The molecule has 2 N–H and O–H groups in total. The van der Waals surface area contributed by atoms with E-state index >= 15 is 0 Å². The molecule has 1 amide bonds.